The van der Waals surface area contributed by atoms with Crippen LogP contribution >= 0.6 is 0 Å². The average molecular weight is 548 g/mol. The van der Waals surface area contributed by atoms with Crippen molar-refractivity contribution < 1.29 is 19.1 Å². The SMILES string of the molecule is O=C(NCCNCCNC(=O)OCC1c2ccccc2-c2ccccc21)OCC1c2ccccc2-c2ccccc21. The maximum Gasteiger partial charge on any atom is 0.407 e. The third-order valence-electron chi connectivity index (χ3n) is 7.83. The maximum absolute atomic E-state index is 12.3. The molecule has 6 rings (SSSR count). The van der Waals surface area contributed by atoms with Crippen LogP contribution in [0.25, 0.3) is 22.3 Å². The second-order valence-corrected chi connectivity index (χ2v) is 10.3. The molecular formula is C34H33N3O4. The second-order valence-electron chi connectivity index (χ2n) is 10.3. The molecule has 2 amide bonds. The van der Waals surface area contributed by atoms with Crippen molar-refractivity contribution in [3.8, 4) is 22.3 Å². The van der Waals surface area contributed by atoms with Gasteiger partial charge in [-0.1, -0.05) is 97.1 Å². The molecule has 4 aromatic carbocycles. The fraction of sp³-hybridized carbons (Fsp3) is 0.235. The number of ether oxygens (including phenoxy) is 2. The van der Waals surface area contributed by atoms with Crippen LogP contribution in [0.5, 0.6) is 0 Å². The number of amides is 2. The summed E-state index contributed by atoms with van der Waals surface area (Å²) in [4.78, 5) is 24.6. The quantitative estimate of drug-likeness (QED) is 0.223. The van der Waals surface area contributed by atoms with E-state index in [2.05, 4.69) is 64.5 Å². The molecule has 0 aromatic heterocycles. The van der Waals surface area contributed by atoms with Crippen LogP contribution in [-0.4, -0.2) is 51.6 Å². The van der Waals surface area contributed by atoms with Crippen LogP contribution in [0.2, 0.25) is 0 Å². The Morgan fingerprint density at radius 3 is 1.15 bits per heavy atom. The minimum atomic E-state index is -0.439. The van der Waals surface area contributed by atoms with Gasteiger partial charge in [-0.2, -0.15) is 0 Å². The first-order chi connectivity index (χ1) is 20.2. The third-order valence-corrected chi connectivity index (χ3v) is 7.83. The fourth-order valence-corrected chi connectivity index (χ4v) is 5.93. The summed E-state index contributed by atoms with van der Waals surface area (Å²) in [6, 6.07) is 33.1. The van der Waals surface area contributed by atoms with Crippen molar-refractivity contribution in [1.82, 2.24) is 16.0 Å². The van der Waals surface area contributed by atoms with Crippen molar-refractivity contribution in [2.24, 2.45) is 0 Å². The lowest BCUT2D eigenvalue weighted by Crippen LogP contribution is -2.37. The Morgan fingerprint density at radius 2 is 0.805 bits per heavy atom. The highest BCUT2D eigenvalue weighted by Crippen LogP contribution is 2.45. The molecule has 0 saturated heterocycles. The topological polar surface area (TPSA) is 88.7 Å². The zero-order chi connectivity index (χ0) is 28.0. The second kappa shape index (κ2) is 12.3. The van der Waals surface area contributed by atoms with Gasteiger partial charge >= 0.3 is 12.2 Å². The Bertz CT molecular complexity index is 1350. The zero-order valence-electron chi connectivity index (χ0n) is 22.8. The molecule has 7 heteroatoms. The molecule has 41 heavy (non-hydrogen) atoms. The molecule has 0 saturated carbocycles. The summed E-state index contributed by atoms with van der Waals surface area (Å²) in [7, 11) is 0. The van der Waals surface area contributed by atoms with Gasteiger partial charge in [0.15, 0.2) is 0 Å². The van der Waals surface area contributed by atoms with E-state index >= 15 is 0 Å². The number of hydrogen-bond donors (Lipinski definition) is 3. The number of benzene rings is 4. The smallest absolute Gasteiger partial charge is 0.407 e. The Kier molecular flexibility index (Phi) is 7.96. The highest BCUT2D eigenvalue weighted by molar-refractivity contribution is 5.80. The molecule has 208 valence electrons. The predicted molar refractivity (Wildman–Crippen MR) is 159 cm³/mol. The van der Waals surface area contributed by atoms with Crippen molar-refractivity contribution in [3.63, 3.8) is 0 Å². The molecule has 0 fully saturated rings. The molecule has 0 spiro atoms. The molecule has 0 radical (unpaired) electrons. The van der Waals surface area contributed by atoms with E-state index in [0.29, 0.717) is 26.2 Å². The first-order valence-corrected chi connectivity index (χ1v) is 14.1. The highest BCUT2D eigenvalue weighted by atomic mass is 16.6. The molecule has 4 aromatic rings. The lowest BCUT2D eigenvalue weighted by Gasteiger charge is -2.15. The molecule has 2 aliphatic rings. The molecular weight excluding hydrogens is 514 g/mol. The van der Waals surface area contributed by atoms with Crippen molar-refractivity contribution in [2.45, 2.75) is 11.8 Å². The van der Waals surface area contributed by atoms with Crippen molar-refractivity contribution >= 4 is 12.2 Å². The monoisotopic (exact) mass is 547 g/mol. The van der Waals surface area contributed by atoms with Gasteiger partial charge in [0.25, 0.3) is 0 Å². The number of hydrogen-bond acceptors (Lipinski definition) is 5. The third kappa shape index (κ3) is 5.67. The van der Waals surface area contributed by atoms with E-state index in [1.807, 2.05) is 48.5 Å². The van der Waals surface area contributed by atoms with Gasteiger partial charge in [-0.25, -0.2) is 9.59 Å². The number of rotatable bonds is 10. The number of fused-ring (bicyclic) bond motifs is 6. The Morgan fingerprint density at radius 1 is 0.488 bits per heavy atom. The largest absolute Gasteiger partial charge is 0.449 e. The summed E-state index contributed by atoms with van der Waals surface area (Å²) in [5.74, 6) is 0.0746. The van der Waals surface area contributed by atoms with E-state index in [0.717, 1.165) is 0 Å². The Balaban J connectivity index is 0.864. The van der Waals surface area contributed by atoms with Crippen LogP contribution in [0.1, 0.15) is 34.1 Å². The van der Waals surface area contributed by atoms with E-state index in [4.69, 9.17) is 9.47 Å². The highest BCUT2D eigenvalue weighted by Gasteiger charge is 2.30. The summed E-state index contributed by atoms with van der Waals surface area (Å²) < 4.78 is 11.1. The summed E-state index contributed by atoms with van der Waals surface area (Å²) in [5, 5.41) is 8.77. The van der Waals surface area contributed by atoms with Crippen LogP contribution in [0.3, 0.4) is 0 Å². The predicted octanol–water partition coefficient (Wildman–Crippen LogP) is 5.65. The van der Waals surface area contributed by atoms with Crippen molar-refractivity contribution in [2.75, 3.05) is 39.4 Å². The van der Waals surface area contributed by atoms with E-state index in [1.165, 1.54) is 44.5 Å². The fourth-order valence-electron chi connectivity index (χ4n) is 5.93. The van der Waals surface area contributed by atoms with Crippen molar-refractivity contribution in [1.29, 1.82) is 0 Å². The number of nitrogens with one attached hydrogen (secondary N) is 3. The number of carbonyl (C=O) groups is 2. The Hall–Kier alpha value is -4.62. The normalized spacial score (nSPS) is 13.1. The van der Waals surface area contributed by atoms with Crippen LogP contribution < -0.4 is 16.0 Å². The lowest BCUT2D eigenvalue weighted by molar-refractivity contribution is 0.143. The van der Waals surface area contributed by atoms with Gasteiger partial charge in [0.2, 0.25) is 0 Å². The van der Waals surface area contributed by atoms with Crippen LogP contribution in [-0.2, 0) is 9.47 Å². The summed E-state index contributed by atoms with van der Waals surface area (Å²) >= 11 is 0. The molecule has 0 unspecified atom stereocenters. The van der Waals surface area contributed by atoms with Gasteiger partial charge in [-0.15, -0.1) is 0 Å². The lowest BCUT2D eigenvalue weighted by atomic mass is 9.98. The van der Waals surface area contributed by atoms with E-state index in [-0.39, 0.29) is 25.0 Å². The van der Waals surface area contributed by atoms with Crippen molar-refractivity contribution in [3.05, 3.63) is 119 Å². The molecule has 0 atom stereocenters. The maximum atomic E-state index is 12.3. The molecule has 0 heterocycles. The average Bonchev–Trinajstić information content (AvgIpc) is 3.51. The first kappa shape index (κ1) is 26.6. The van der Waals surface area contributed by atoms with Gasteiger partial charge in [-0.3, -0.25) is 0 Å². The summed E-state index contributed by atoms with van der Waals surface area (Å²) in [5.41, 5.74) is 9.56. The molecule has 7 nitrogen and oxygen atoms in total. The van der Waals surface area contributed by atoms with E-state index in [9.17, 15) is 9.59 Å². The van der Waals surface area contributed by atoms with Gasteiger partial charge in [0, 0.05) is 38.0 Å². The first-order valence-electron chi connectivity index (χ1n) is 14.1. The molecule has 0 aliphatic heterocycles. The molecule has 3 N–H and O–H groups in total. The van der Waals surface area contributed by atoms with Crippen LogP contribution in [0, 0.1) is 0 Å². The summed E-state index contributed by atoms with van der Waals surface area (Å²) in [6.07, 6.45) is -0.879. The number of carbonyl (C=O) groups excluding carboxylic acids is 2. The van der Waals surface area contributed by atoms with E-state index < -0.39 is 12.2 Å². The van der Waals surface area contributed by atoms with Gasteiger partial charge in [-0.05, 0) is 44.5 Å². The van der Waals surface area contributed by atoms with Gasteiger partial charge < -0.3 is 25.4 Å². The zero-order valence-corrected chi connectivity index (χ0v) is 22.8. The van der Waals surface area contributed by atoms with Crippen LogP contribution in [0.4, 0.5) is 9.59 Å². The van der Waals surface area contributed by atoms with E-state index in [1.54, 1.807) is 0 Å². The van der Waals surface area contributed by atoms with Gasteiger partial charge in [0.05, 0.1) is 0 Å². The standard InChI is InChI=1S/C34H33N3O4/c38-33(40-21-31-27-13-5-1-9-23(27)24-10-2-6-14-28(24)31)36-19-17-35-18-20-37-34(39)41-22-32-29-15-7-3-11-25(29)26-12-4-8-16-30(26)32/h1-16,31-32,35H,17-22H2,(H,36,38)(H,37,39). The number of alkyl carbamates (subject to hydrolysis) is 2. The Labute approximate surface area is 239 Å². The van der Waals surface area contributed by atoms with Crippen LogP contribution in [0.15, 0.2) is 97.1 Å². The summed E-state index contributed by atoms with van der Waals surface area (Å²) in [6.45, 7) is 2.52. The minimum absolute atomic E-state index is 0.0373. The van der Waals surface area contributed by atoms with Gasteiger partial charge in [0.1, 0.15) is 13.2 Å². The minimum Gasteiger partial charge on any atom is -0.449 e. The molecule has 2 aliphatic carbocycles. The molecule has 0 bridgehead atoms.